The first-order valence-electron chi connectivity index (χ1n) is 6.94. The molecule has 26 heavy (non-hydrogen) atoms. The molecule has 0 amide bonds. The zero-order chi connectivity index (χ0) is 19.5. The molecule has 1 heterocycles. The topological polar surface area (TPSA) is 96.6 Å². The molecule has 0 bridgehead atoms. The molecule has 0 radical (unpaired) electrons. The molecule has 0 spiro atoms. The molecule has 0 aliphatic rings. The van der Waals surface area contributed by atoms with Crippen molar-refractivity contribution in [2.45, 2.75) is 11.1 Å². The highest BCUT2D eigenvalue weighted by molar-refractivity contribution is 7.90. The minimum Gasteiger partial charge on any atom is -0.508 e. The van der Waals surface area contributed by atoms with Gasteiger partial charge >= 0.3 is 12.1 Å². The molecule has 3 aromatic rings. The number of fused-ring (bicyclic) bond motifs is 1. The SMILES string of the molecule is O=C(O)C(F)(F)F.O=S(=O)(c1ccccc1)n1ccc2cc(O)ccc21. The van der Waals surface area contributed by atoms with Crippen LogP contribution in [-0.4, -0.2) is 34.7 Å². The van der Waals surface area contributed by atoms with Crippen LogP contribution in [0.4, 0.5) is 13.2 Å². The number of halogens is 3. The van der Waals surface area contributed by atoms with Gasteiger partial charge in [-0.2, -0.15) is 13.2 Å². The lowest BCUT2D eigenvalue weighted by Crippen LogP contribution is -2.21. The van der Waals surface area contributed by atoms with Crippen molar-refractivity contribution in [2.75, 3.05) is 0 Å². The number of hydrogen-bond donors (Lipinski definition) is 2. The summed E-state index contributed by atoms with van der Waals surface area (Å²) in [5.74, 6) is -2.64. The Kier molecular flexibility index (Phi) is 5.26. The van der Waals surface area contributed by atoms with Gasteiger partial charge in [0.1, 0.15) is 5.75 Å². The van der Waals surface area contributed by atoms with E-state index in [-0.39, 0.29) is 10.6 Å². The average molecular weight is 387 g/mol. The summed E-state index contributed by atoms with van der Waals surface area (Å²) < 4.78 is 57.9. The van der Waals surface area contributed by atoms with Crippen molar-refractivity contribution in [3.63, 3.8) is 0 Å². The van der Waals surface area contributed by atoms with E-state index in [4.69, 9.17) is 9.90 Å². The highest BCUT2D eigenvalue weighted by atomic mass is 32.2. The van der Waals surface area contributed by atoms with Crippen LogP contribution in [0, 0.1) is 0 Å². The molecular formula is C16H12F3NO5S. The summed E-state index contributed by atoms with van der Waals surface area (Å²) in [5.41, 5.74) is 0.543. The van der Waals surface area contributed by atoms with Crippen molar-refractivity contribution in [1.29, 1.82) is 0 Å². The largest absolute Gasteiger partial charge is 0.508 e. The lowest BCUT2D eigenvalue weighted by atomic mass is 10.2. The number of phenols is 1. The van der Waals surface area contributed by atoms with Gasteiger partial charge in [-0.15, -0.1) is 0 Å². The minimum absolute atomic E-state index is 0.113. The number of phenolic OH excluding ortho intramolecular Hbond substituents is 1. The van der Waals surface area contributed by atoms with E-state index in [9.17, 15) is 26.7 Å². The first-order chi connectivity index (χ1) is 12.0. The Hall–Kier alpha value is -3.01. The fourth-order valence-electron chi connectivity index (χ4n) is 2.02. The van der Waals surface area contributed by atoms with Gasteiger partial charge in [0, 0.05) is 11.6 Å². The van der Waals surface area contributed by atoms with Crippen molar-refractivity contribution >= 4 is 26.9 Å². The smallest absolute Gasteiger partial charge is 0.490 e. The van der Waals surface area contributed by atoms with E-state index >= 15 is 0 Å². The van der Waals surface area contributed by atoms with E-state index in [1.54, 1.807) is 42.5 Å². The number of aliphatic carboxylic acids is 1. The lowest BCUT2D eigenvalue weighted by molar-refractivity contribution is -0.192. The standard InChI is InChI=1S/C14H11NO3S.C2HF3O2/c16-12-6-7-14-11(10-12)8-9-15(14)19(17,18)13-4-2-1-3-5-13;3-2(4,5)1(6)7/h1-10,16H;(H,6,7). The van der Waals surface area contributed by atoms with Gasteiger partial charge < -0.3 is 10.2 Å². The van der Waals surface area contributed by atoms with Crippen molar-refractivity contribution < 1.29 is 36.6 Å². The van der Waals surface area contributed by atoms with E-state index in [1.165, 1.54) is 22.3 Å². The van der Waals surface area contributed by atoms with Crippen LogP contribution in [0.25, 0.3) is 10.9 Å². The van der Waals surface area contributed by atoms with Crippen LogP contribution in [-0.2, 0) is 14.8 Å². The predicted octanol–water partition coefficient (Wildman–Crippen LogP) is 3.22. The highest BCUT2D eigenvalue weighted by Gasteiger charge is 2.38. The maximum Gasteiger partial charge on any atom is 0.490 e. The normalized spacial score (nSPS) is 11.7. The third-order valence-electron chi connectivity index (χ3n) is 3.18. The third kappa shape index (κ3) is 4.14. The fraction of sp³-hybridized carbons (Fsp3) is 0.0625. The van der Waals surface area contributed by atoms with E-state index in [0.29, 0.717) is 10.9 Å². The van der Waals surface area contributed by atoms with Crippen LogP contribution in [0.1, 0.15) is 0 Å². The average Bonchev–Trinajstić information content (AvgIpc) is 2.99. The molecule has 0 saturated heterocycles. The Balaban J connectivity index is 0.000000298. The molecule has 0 aliphatic heterocycles. The summed E-state index contributed by atoms with van der Waals surface area (Å²) in [5, 5.41) is 17.2. The molecule has 6 nitrogen and oxygen atoms in total. The first-order valence-corrected chi connectivity index (χ1v) is 8.38. The van der Waals surface area contributed by atoms with Crippen molar-refractivity contribution in [3.8, 4) is 5.75 Å². The zero-order valence-corrected chi connectivity index (χ0v) is 13.7. The minimum atomic E-state index is -5.08. The Bertz CT molecular complexity index is 1030. The Morgan fingerprint density at radius 2 is 1.58 bits per heavy atom. The first kappa shape index (κ1) is 19.3. The number of nitrogens with zero attached hydrogens (tertiary/aromatic N) is 1. The van der Waals surface area contributed by atoms with E-state index in [1.807, 2.05) is 0 Å². The van der Waals surface area contributed by atoms with Crippen molar-refractivity contribution in [2.24, 2.45) is 0 Å². The van der Waals surface area contributed by atoms with Crippen LogP contribution in [0.5, 0.6) is 5.75 Å². The number of alkyl halides is 3. The Labute approximate surface area is 145 Å². The van der Waals surface area contributed by atoms with Crippen LogP contribution in [0.3, 0.4) is 0 Å². The molecule has 0 saturated carbocycles. The van der Waals surface area contributed by atoms with E-state index in [2.05, 4.69) is 0 Å². The molecule has 2 aromatic carbocycles. The molecule has 2 N–H and O–H groups in total. The molecule has 0 unspecified atom stereocenters. The van der Waals surface area contributed by atoms with Gasteiger partial charge in [-0.1, -0.05) is 18.2 Å². The highest BCUT2D eigenvalue weighted by Crippen LogP contribution is 2.24. The van der Waals surface area contributed by atoms with E-state index < -0.39 is 22.2 Å². The summed E-state index contributed by atoms with van der Waals surface area (Å²) in [7, 11) is -3.60. The number of carboxylic acids is 1. The summed E-state index contributed by atoms with van der Waals surface area (Å²) in [6, 6.07) is 14.5. The number of benzene rings is 2. The molecule has 138 valence electrons. The van der Waals surface area contributed by atoms with Crippen molar-refractivity contribution in [3.05, 3.63) is 60.8 Å². The number of aromatic nitrogens is 1. The van der Waals surface area contributed by atoms with Gasteiger partial charge in [-0.05, 0) is 36.4 Å². The Morgan fingerprint density at radius 1 is 1.00 bits per heavy atom. The van der Waals surface area contributed by atoms with Crippen LogP contribution < -0.4 is 0 Å². The quantitative estimate of drug-likeness (QED) is 0.704. The number of rotatable bonds is 2. The second-order valence-electron chi connectivity index (χ2n) is 4.98. The molecule has 0 fully saturated rings. The maximum atomic E-state index is 12.5. The summed E-state index contributed by atoms with van der Waals surface area (Å²) in [4.78, 5) is 9.13. The summed E-state index contributed by atoms with van der Waals surface area (Å²) in [6.45, 7) is 0. The van der Waals surface area contributed by atoms with Gasteiger partial charge in [-0.3, -0.25) is 0 Å². The van der Waals surface area contributed by atoms with Crippen LogP contribution in [0.15, 0.2) is 65.7 Å². The van der Waals surface area contributed by atoms with E-state index in [0.717, 1.165) is 0 Å². The molecular weight excluding hydrogens is 375 g/mol. The number of hydrogen-bond acceptors (Lipinski definition) is 4. The zero-order valence-electron chi connectivity index (χ0n) is 12.9. The molecule has 3 rings (SSSR count). The number of carboxylic acid groups (broad SMARTS) is 1. The number of aromatic hydroxyl groups is 1. The van der Waals surface area contributed by atoms with Gasteiger partial charge in [0.2, 0.25) is 0 Å². The predicted molar refractivity (Wildman–Crippen MR) is 86.3 cm³/mol. The van der Waals surface area contributed by atoms with Gasteiger partial charge in [-0.25, -0.2) is 17.2 Å². The fourth-order valence-corrected chi connectivity index (χ4v) is 3.39. The van der Waals surface area contributed by atoms with Gasteiger partial charge in [0.25, 0.3) is 10.0 Å². The lowest BCUT2D eigenvalue weighted by Gasteiger charge is -2.07. The second kappa shape index (κ2) is 7.08. The molecule has 0 aliphatic carbocycles. The second-order valence-corrected chi connectivity index (χ2v) is 6.79. The maximum absolute atomic E-state index is 12.5. The molecule has 0 atom stereocenters. The van der Waals surface area contributed by atoms with Gasteiger partial charge in [0.05, 0.1) is 10.4 Å². The van der Waals surface area contributed by atoms with Gasteiger partial charge in [0.15, 0.2) is 0 Å². The number of carbonyl (C=O) groups is 1. The van der Waals surface area contributed by atoms with Crippen LogP contribution in [0.2, 0.25) is 0 Å². The molecule has 10 heteroatoms. The van der Waals surface area contributed by atoms with Crippen molar-refractivity contribution in [1.82, 2.24) is 3.97 Å². The van der Waals surface area contributed by atoms with Crippen LogP contribution >= 0.6 is 0 Å². The Morgan fingerprint density at radius 3 is 2.12 bits per heavy atom. The monoisotopic (exact) mass is 387 g/mol. The summed E-state index contributed by atoms with van der Waals surface area (Å²) >= 11 is 0. The summed E-state index contributed by atoms with van der Waals surface area (Å²) in [6.07, 6.45) is -3.59. The third-order valence-corrected chi connectivity index (χ3v) is 4.88. The molecule has 1 aromatic heterocycles.